The van der Waals surface area contributed by atoms with Gasteiger partial charge in [0.1, 0.15) is 0 Å². The van der Waals surface area contributed by atoms with Gasteiger partial charge in [-0.05, 0) is 61.2 Å². The van der Waals surface area contributed by atoms with Crippen molar-refractivity contribution in [3.8, 4) is 0 Å². The van der Waals surface area contributed by atoms with Crippen LogP contribution in [-0.4, -0.2) is 36.3 Å². The second-order valence-electron chi connectivity index (χ2n) is 8.73. The number of benzene rings is 3. The van der Waals surface area contributed by atoms with Gasteiger partial charge in [-0.15, -0.1) is 0 Å². The Bertz CT molecular complexity index is 1120. The molecule has 1 aliphatic rings. The standard InChI is InChI=1S/C28H30ClN3O2/c29-24-12-6-10-22(18-24)19-32-17-7-11-23(20-32)27(33)31-26-14-5-4-13-25(26)28(34)30-16-15-21-8-2-1-3-9-21/h1-6,8-10,12-14,18,23H,7,11,15-17,19-20H2,(H,30,34)(H,31,33). The second-order valence-corrected chi connectivity index (χ2v) is 9.17. The zero-order valence-corrected chi connectivity index (χ0v) is 19.9. The Labute approximate surface area is 206 Å². The van der Waals surface area contributed by atoms with Crippen LogP contribution in [0, 0.1) is 5.92 Å². The maximum atomic E-state index is 13.1. The Hall–Kier alpha value is -3.15. The van der Waals surface area contributed by atoms with E-state index in [1.165, 1.54) is 5.56 Å². The van der Waals surface area contributed by atoms with Crippen LogP contribution in [0.25, 0.3) is 0 Å². The van der Waals surface area contributed by atoms with Crippen molar-refractivity contribution < 1.29 is 9.59 Å². The summed E-state index contributed by atoms with van der Waals surface area (Å²) in [6, 6.07) is 25.1. The minimum atomic E-state index is -0.182. The molecule has 1 unspecified atom stereocenters. The van der Waals surface area contributed by atoms with Gasteiger partial charge in [0.15, 0.2) is 0 Å². The Morgan fingerprint density at radius 1 is 0.941 bits per heavy atom. The fraction of sp³-hybridized carbons (Fsp3) is 0.286. The highest BCUT2D eigenvalue weighted by Crippen LogP contribution is 2.23. The molecule has 1 fully saturated rings. The maximum Gasteiger partial charge on any atom is 0.253 e. The molecule has 34 heavy (non-hydrogen) atoms. The van der Waals surface area contributed by atoms with Gasteiger partial charge < -0.3 is 10.6 Å². The van der Waals surface area contributed by atoms with Crippen molar-refractivity contribution in [2.75, 3.05) is 25.0 Å². The number of nitrogens with one attached hydrogen (secondary N) is 2. The minimum Gasteiger partial charge on any atom is -0.352 e. The first kappa shape index (κ1) is 24.0. The number of para-hydroxylation sites is 1. The van der Waals surface area contributed by atoms with Crippen molar-refractivity contribution in [1.82, 2.24) is 10.2 Å². The summed E-state index contributed by atoms with van der Waals surface area (Å²) < 4.78 is 0. The van der Waals surface area contributed by atoms with Gasteiger partial charge in [0.05, 0.1) is 17.2 Å². The van der Waals surface area contributed by atoms with Crippen LogP contribution < -0.4 is 10.6 Å². The first-order chi connectivity index (χ1) is 16.6. The van der Waals surface area contributed by atoms with Crippen LogP contribution in [-0.2, 0) is 17.8 Å². The number of carbonyl (C=O) groups is 2. The highest BCUT2D eigenvalue weighted by atomic mass is 35.5. The molecule has 0 aliphatic carbocycles. The Morgan fingerprint density at radius 3 is 2.53 bits per heavy atom. The van der Waals surface area contributed by atoms with E-state index in [9.17, 15) is 9.59 Å². The molecule has 2 N–H and O–H groups in total. The van der Waals surface area contributed by atoms with Crippen molar-refractivity contribution in [2.45, 2.75) is 25.8 Å². The molecule has 0 bridgehead atoms. The molecular weight excluding hydrogens is 446 g/mol. The normalized spacial score (nSPS) is 16.1. The molecule has 1 aliphatic heterocycles. The van der Waals surface area contributed by atoms with Gasteiger partial charge in [-0.2, -0.15) is 0 Å². The summed E-state index contributed by atoms with van der Waals surface area (Å²) in [5, 5.41) is 6.71. The van der Waals surface area contributed by atoms with Crippen LogP contribution in [0.15, 0.2) is 78.9 Å². The zero-order chi connectivity index (χ0) is 23.8. The summed E-state index contributed by atoms with van der Waals surface area (Å²) in [5.74, 6) is -0.347. The summed E-state index contributed by atoms with van der Waals surface area (Å²) in [6.45, 7) is 2.94. The van der Waals surface area contributed by atoms with E-state index < -0.39 is 0 Å². The van der Waals surface area contributed by atoms with E-state index in [0.29, 0.717) is 24.3 Å². The Kier molecular flexibility index (Phi) is 8.34. The van der Waals surface area contributed by atoms with Crippen LogP contribution in [0.1, 0.15) is 34.3 Å². The van der Waals surface area contributed by atoms with E-state index in [4.69, 9.17) is 11.6 Å². The smallest absolute Gasteiger partial charge is 0.253 e. The number of nitrogens with zero attached hydrogens (tertiary/aromatic N) is 1. The fourth-order valence-corrected chi connectivity index (χ4v) is 4.60. The van der Waals surface area contributed by atoms with E-state index in [0.717, 1.165) is 42.9 Å². The van der Waals surface area contributed by atoms with Crippen molar-refractivity contribution in [3.05, 3.63) is 101 Å². The molecule has 0 aromatic heterocycles. The van der Waals surface area contributed by atoms with Gasteiger partial charge in [-0.25, -0.2) is 0 Å². The number of piperidine rings is 1. The molecule has 5 nitrogen and oxygen atoms in total. The summed E-state index contributed by atoms with van der Waals surface area (Å²) >= 11 is 6.12. The minimum absolute atomic E-state index is 0.0414. The fourth-order valence-electron chi connectivity index (χ4n) is 4.39. The molecule has 176 valence electrons. The summed E-state index contributed by atoms with van der Waals surface area (Å²) in [5.41, 5.74) is 3.35. The second kappa shape index (κ2) is 11.8. The van der Waals surface area contributed by atoms with Gasteiger partial charge >= 0.3 is 0 Å². The summed E-state index contributed by atoms with van der Waals surface area (Å²) in [7, 11) is 0. The van der Waals surface area contributed by atoms with Crippen molar-refractivity contribution in [1.29, 1.82) is 0 Å². The number of rotatable bonds is 8. The molecule has 1 heterocycles. The average Bonchev–Trinajstić information content (AvgIpc) is 2.85. The van der Waals surface area contributed by atoms with Crippen LogP contribution >= 0.6 is 11.6 Å². The molecular formula is C28H30ClN3O2. The first-order valence-electron chi connectivity index (χ1n) is 11.8. The summed E-state index contributed by atoms with van der Waals surface area (Å²) in [6.07, 6.45) is 2.55. The molecule has 6 heteroatoms. The molecule has 0 spiro atoms. The lowest BCUT2D eigenvalue weighted by atomic mass is 9.96. The van der Waals surface area contributed by atoms with Gasteiger partial charge in [-0.1, -0.05) is 66.2 Å². The lowest BCUT2D eigenvalue weighted by Gasteiger charge is -2.32. The van der Waals surface area contributed by atoms with Crippen LogP contribution in [0.2, 0.25) is 5.02 Å². The van der Waals surface area contributed by atoms with E-state index in [-0.39, 0.29) is 17.7 Å². The topological polar surface area (TPSA) is 61.4 Å². The molecule has 2 amide bonds. The third-order valence-corrected chi connectivity index (χ3v) is 6.38. The third-order valence-electron chi connectivity index (χ3n) is 6.14. The van der Waals surface area contributed by atoms with E-state index in [2.05, 4.69) is 21.6 Å². The zero-order valence-electron chi connectivity index (χ0n) is 19.2. The van der Waals surface area contributed by atoms with Gasteiger partial charge in [0.25, 0.3) is 5.91 Å². The lowest BCUT2D eigenvalue weighted by Crippen LogP contribution is -2.40. The number of carbonyl (C=O) groups excluding carboxylic acids is 2. The molecule has 0 saturated carbocycles. The predicted octanol–water partition coefficient (Wildman–Crippen LogP) is 5.16. The van der Waals surface area contributed by atoms with E-state index in [1.54, 1.807) is 12.1 Å². The first-order valence-corrected chi connectivity index (χ1v) is 12.1. The van der Waals surface area contributed by atoms with E-state index in [1.807, 2.05) is 60.7 Å². The lowest BCUT2D eigenvalue weighted by molar-refractivity contribution is -0.121. The molecule has 3 aromatic rings. The maximum absolute atomic E-state index is 13.1. The monoisotopic (exact) mass is 475 g/mol. The number of hydrogen-bond donors (Lipinski definition) is 2. The van der Waals surface area contributed by atoms with Crippen LogP contribution in [0.3, 0.4) is 0 Å². The van der Waals surface area contributed by atoms with Gasteiger partial charge in [0.2, 0.25) is 5.91 Å². The molecule has 0 radical (unpaired) electrons. The molecule has 3 aromatic carbocycles. The molecule has 1 atom stereocenters. The largest absolute Gasteiger partial charge is 0.352 e. The Balaban J connectivity index is 1.34. The molecule has 4 rings (SSSR count). The number of anilines is 1. The highest BCUT2D eigenvalue weighted by molar-refractivity contribution is 6.30. The SMILES string of the molecule is O=C(NCCc1ccccc1)c1ccccc1NC(=O)C1CCCN(Cc2cccc(Cl)c2)C1. The quantitative estimate of drug-likeness (QED) is 0.473. The molecule has 1 saturated heterocycles. The number of amides is 2. The average molecular weight is 476 g/mol. The Morgan fingerprint density at radius 2 is 1.71 bits per heavy atom. The predicted molar refractivity (Wildman–Crippen MR) is 137 cm³/mol. The number of likely N-dealkylation sites (tertiary alicyclic amines) is 1. The third kappa shape index (κ3) is 6.69. The number of halogens is 1. The van der Waals surface area contributed by atoms with Crippen molar-refractivity contribution >= 4 is 29.1 Å². The van der Waals surface area contributed by atoms with Crippen LogP contribution in [0.5, 0.6) is 0 Å². The van der Waals surface area contributed by atoms with Gasteiger partial charge in [-0.3, -0.25) is 14.5 Å². The van der Waals surface area contributed by atoms with E-state index >= 15 is 0 Å². The number of hydrogen-bond acceptors (Lipinski definition) is 3. The van der Waals surface area contributed by atoms with Crippen molar-refractivity contribution in [3.63, 3.8) is 0 Å². The highest BCUT2D eigenvalue weighted by Gasteiger charge is 2.26. The summed E-state index contributed by atoms with van der Waals surface area (Å²) in [4.78, 5) is 28.2. The van der Waals surface area contributed by atoms with Gasteiger partial charge in [0, 0.05) is 24.7 Å². The van der Waals surface area contributed by atoms with Crippen molar-refractivity contribution in [2.24, 2.45) is 5.92 Å². The van der Waals surface area contributed by atoms with Crippen LogP contribution in [0.4, 0.5) is 5.69 Å².